The van der Waals surface area contributed by atoms with Crippen molar-refractivity contribution in [2.45, 2.75) is 44.7 Å². The molecule has 0 aliphatic heterocycles. The normalized spacial score (nSPS) is 29.5. The molecular formula is C25H26F4N2O. The molecule has 1 fully saturated rings. The van der Waals surface area contributed by atoms with Crippen LogP contribution in [0.4, 0.5) is 17.6 Å². The third-order valence-electron chi connectivity index (χ3n) is 7.51. The van der Waals surface area contributed by atoms with Crippen LogP contribution in [0.2, 0.25) is 0 Å². The number of benzene rings is 1. The highest BCUT2D eigenvalue weighted by Gasteiger charge is 2.50. The van der Waals surface area contributed by atoms with Crippen molar-refractivity contribution in [1.29, 1.82) is 0 Å². The van der Waals surface area contributed by atoms with Crippen LogP contribution in [0.1, 0.15) is 43.4 Å². The van der Waals surface area contributed by atoms with Crippen molar-refractivity contribution in [2.75, 3.05) is 6.61 Å². The summed E-state index contributed by atoms with van der Waals surface area (Å²) >= 11 is 0. The summed E-state index contributed by atoms with van der Waals surface area (Å²) < 4.78 is 55.9. The van der Waals surface area contributed by atoms with Gasteiger partial charge in [0, 0.05) is 18.4 Å². The van der Waals surface area contributed by atoms with E-state index in [2.05, 4.69) is 11.2 Å². The van der Waals surface area contributed by atoms with Crippen LogP contribution in [-0.4, -0.2) is 27.7 Å². The third-order valence-corrected chi connectivity index (χ3v) is 7.51. The van der Waals surface area contributed by atoms with Gasteiger partial charge < -0.3 is 5.11 Å². The summed E-state index contributed by atoms with van der Waals surface area (Å²) in [5.74, 6) is -2.64. The van der Waals surface area contributed by atoms with Crippen LogP contribution in [-0.2, 0) is 6.42 Å². The molecule has 0 radical (unpaired) electrons. The maximum Gasteiger partial charge on any atom is 0.392 e. The van der Waals surface area contributed by atoms with Crippen molar-refractivity contribution in [3.63, 3.8) is 0 Å². The first-order chi connectivity index (χ1) is 15.4. The Morgan fingerprint density at radius 2 is 1.88 bits per heavy atom. The minimum Gasteiger partial charge on any atom is -0.396 e. The van der Waals surface area contributed by atoms with E-state index in [1.54, 1.807) is 12.1 Å². The van der Waals surface area contributed by atoms with E-state index in [4.69, 9.17) is 0 Å². The first kappa shape index (κ1) is 21.4. The molecule has 3 nitrogen and oxygen atoms in total. The zero-order chi connectivity index (χ0) is 22.5. The molecule has 1 unspecified atom stereocenters. The maximum absolute atomic E-state index is 13.6. The van der Waals surface area contributed by atoms with Gasteiger partial charge >= 0.3 is 6.18 Å². The molecule has 1 heterocycles. The molecule has 1 aromatic heterocycles. The molecular weight excluding hydrogens is 420 g/mol. The monoisotopic (exact) mass is 446 g/mol. The fraction of sp³-hybridized carbons (Fsp3) is 0.480. The SMILES string of the molecule is OC[C@@H]1C2CC/C3=C/c4c(cnn4-c4ccc(F)cc4)CCC[C@H]3C2=CC[C@H]1C(F)(F)F. The van der Waals surface area contributed by atoms with Crippen molar-refractivity contribution in [2.24, 2.45) is 23.7 Å². The lowest BCUT2D eigenvalue weighted by Gasteiger charge is -2.45. The van der Waals surface area contributed by atoms with Crippen LogP contribution in [0.25, 0.3) is 11.8 Å². The van der Waals surface area contributed by atoms with E-state index >= 15 is 0 Å². The summed E-state index contributed by atoms with van der Waals surface area (Å²) in [6.45, 7) is -0.431. The van der Waals surface area contributed by atoms with Crippen molar-refractivity contribution >= 4 is 6.08 Å². The third kappa shape index (κ3) is 3.70. The second-order valence-electron chi connectivity index (χ2n) is 9.19. The van der Waals surface area contributed by atoms with Crippen molar-refractivity contribution in [3.05, 3.63) is 64.8 Å². The molecule has 3 aliphatic carbocycles. The van der Waals surface area contributed by atoms with E-state index in [1.165, 1.54) is 17.7 Å². The van der Waals surface area contributed by atoms with Crippen molar-refractivity contribution in [1.82, 2.24) is 9.78 Å². The molecule has 2 aromatic rings. The van der Waals surface area contributed by atoms with E-state index in [1.807, 2.05) is 17.0 Å². The Balaban J connectivity index is 1.52. The van der Waals surface area contributed by atoms with E-state index in [9.17, 15) is 22.7 Å². The number of fused-ring (bicyclic) bond motifs is 4. The lowest BCUT2D eigenvalue weighted by Crippen LogP contribution is -2.42. The van der Waals surface area contributed by atoms with Crippen LogP contribution < -0.4 is 0 Å². The van der Waals surface area contributed by atoms with Crippen LogP contribution in [0.5, 0.6) is 0 Å². The Labute approximate surface area is 184 Å². The highest BCUT2D eigenvalue weighted by molar-refractivity contribution is 5.59. The molecule has 1 aromatic carbocycles. The second-order valence-corrected chi connectivity index (χ2v) is 9.19. The molecule has 1 saturated carbocycles. The minimum atomic E-state index is -4.29. The number of nitrogens with zero attached hydrogens (tertiary/aromatic N) is 2. The maximum atomic E-state index is 13.6. The lowest BCUT2D eigenvalue weighted by atomic mass is 9.61. The summed E-state index contributed by atoms with van der Waals surface area (Å²) in [6, 6.07) is 6.21. The average molecular weight is 446 g/mol. The van der Waals surface area contributed by atoms with Gasteiger partial charge in [-0.05, 0) is 80.3 Å². The molecule has 32 heavy (non-hydrogen) atoms. The van der Waals surface area contributed by atoms with Gasteiger partial charge in [-0.2, -0.15) is 18.3 Å². The van der Waals surface area contributed by atoms with E-state index in [0.29, 0.717) is 12.8 Å². The summed E-state index contributed by atoms with van der Waals surface area (Å²) in [5.41, 5.74) is 5.18. The molecule has 3 aliphatic rings. The number of rotatable bonds is 2. The number of aliphatic hydroxyl groups excluding tert-OH is 1. The second kappa shape index (κ2) is 8.18. The van der Waals surface area contributed by atoms with Gasteiger partial charge in [-0.15, -0.1) is 0 Å². The molecule has 0 bridgehead atoms. The molecule has 5 rings (SSSR count). The van der Waals surface area contributed by atoms with E-state index in [0.717, 1.165) is 41.8 Å². The fourth-order valence-corrected chi connectivity index (χ4v) is 5.96. The molecule has 4 atom stereocenters. The molecule has 7 heteroatoms. The van der Waals surface area contributed by atoms with Crippen molar-refractivity contribution < 1.29 is 22.7 Å². The number of aliphatic hydroxyl groups is 1. The van der Waals surface area contributed by atoms with Gasteiger partial charge in [-0.25, -0.2) is 9.07 Å². The molecule has 170 valence electrons. The zero-order valence-corrected chi connectivity index (χ0v) is 17.7. The van der Waals surface area contributed by atoms with E-state index in [-0.39, 0.29) is 24.1 Å². The standard InChI is InChI=1S/C25H26F4N2O/c26-17-5-7-18(8-6-17)31-24-12-15-4-9-21-20(19(15)3-1-2-16(24)13-30-31)10-11-23(22(21)14-32)25(27,28)29/h5-8,10,12-13,19,21-23,32H,1-4,9,11,14H2/b15-12-/t19-,21?,22-,23-/m1/s1. The Kier molecular flexibility index (Phi) is 5.48. The average Bonchev–Trinajstić information content (AvgIpc) is 3.13. The van der Waals surface area contributed by atoms with Gasteiger partial charge in [0.1, 0.15) is 5.82 Å². The quantitative estimate of drug-likeness (QED) is 0.463. The first-order valence-electron chi connectivity index (χ1n) is 11.3. The number of aromatic nitrogens is 2. The Morgan fingerprint density at radius 3 is 2.59 bits per heavy atom. The smallest absolute Gasteiger partial charge is 0.392 e. The topological polar surface area (TPSA) is 38.1 Å². The Hall–Kier alpha value is -2.41. The summed E-state index contributed by atoms with van der Waals surface area (Å²) in [6.07, 6.45) is 5.45. The Morgan fingerprint density at radius 1 is 1.09 bits per heavy atom. The van der Waals surface area contributed by atoms with Gasteiger partial charge in [0.2, 0.25) is 0 Å². The fourth-order valence-electron chi connectivity index (χ4n) is 5.96. The summed E-state index contributed by atoms with van der Waals surface area (Å²) in [4.78, 5) is 0. The molecule has 0 amide bonds. The van der Waals surface area contributed by atoms with E-state index < -0.39 is 24.6 Å². The van der Waals surface area contributed by atoms with Gasteiger partial charge in [-0.1, -0.05) is 17.2 Å². The molecule has 1 N–H and O–H groups in total. The molecule has 0 spiro atoms. The number of halogens is 4. The Bertz CT molecular complexity index is 1050. The highest BCUT2D eigenvalue weighted by Crippen LogP contribution is 2.52. The largest absolute Gasteiger partial charge is 0.396 e. The number of hydrogen-bond acceptors (Lipinski definition) is 2. The van der Waals surface area contributed by atoms with Crippen LogP contribution in [0.15, 0.2) is 47.7 Å². The van der Waals surface area contributed by atoms with Crippen molar-refractivity contribution in [3.8, 4) is 5.69 Å². The van der Waals surface area contributed by atoms with Crippen LogP contribution >= 0.6 is 0 Å². The number of hydrogen-bond donors (Lipinski definition) is 1. The number of alkyl halides is 3. The first-order valence-corrected chi connectivity index (χ1v) is 11.3. The summed E-state index contributed by atoms with van der Waals surface area (Å²) in [7, 11) is 0. The van der Waals surface area contributed by atoms with Crippen LogP contribution in [0.3, 0.4) is 0 Å². The lowest BCUT2D eigenvalue weighted by molar-refractivity contribution is -0.198. The van der Waals surface area contributed by atoms with Gasteiger partial charge in [-0.3, -0.25) is 0 Å². The predicted octanol–water partition coefficient (Wildman–Crippen LogP) is 5.87. The highest BCUT2D eigenvalue weighted by atomic mass is 19.4. The van der Waals surface area contributed by atoms with Gasteiger partial charge in [0.15, 0.2) is 0 Å². The zero-order valence-electron chi connectivity index (χ0n) is 17.7. The summed E-state index contributed by atoms with van der Waals surface area (Å²) in [5, 5.41) is 14.4. The minimum absolute atomic E-state index is 0.0525. The van der Waals surface area contributed by atoms with Crippen LogP contribution in [0, 0.1) is 29.5 Å². The number of aryl methyl sites for hydroxylation is 1. The predicted molar refractivity (Wildman–Crippen MR) is 113 cm³/mol. The van der Waals surface area contributed by atoms with Gasteiger partial charge in [0.05, 0.1) is 23.5 Å². The molecule has 0 saturated heterocycles. The van der Waals surface area contributed by atoms with Gasteiger partial charge in [0.25, 0.3) is 0 Å². The number of allylic oxidation sites excluding steroid dienone is 3.